The Kier molecular flexibility index (Phi) is 63.7. The van der Waals surface area contributed by atoms with Crippen molar-refractivity contribution in [1.82, 2.24) is 0 Å². The van der Waals surface area contributed by atoms with E-state index in [0.29, 0.717) is 19.3 Å². The zero-order valence-corrected chi connectivity index (χ0v) is 51.9. The highest BCUT2D eigenvalue weighted by molar-refractivity contribution is 5.71. The van der Waals surface area contributed by atoms with Crippen molar-refractivity contribution in [2.75, 3.05) is 13.2 Å². The van der Waals surface area contributed by atoms with Gasteiger partial charge in [-0.15, -0.1) is 0 Å². The normalized spacial score (nSPS) is 12.5. The lowest BCUT2D eigenvalue weighted by Gasteiger charge is -2.18. The summed E-state index contributed by atoms with van der Waals surface area (Å²) in [5.41, 5.74) is 0. The quantitative estimate of drug-likeness (QED) is 0.0261. The van der Waals surface area contributed by atoms with E-state index in [0.717, 1.165) is 103 Å². The standard InChI is InChI=1S/C72H128O6/c1-4-7-10-13-16-19-22-25-27-28-29-30-31-32-33-34-35-36-37-38-39-40-41-42-43-44-45-48-50-53-56-59-62-65-71(74)77-68-69(67-76-70(73)64-61-58-55-52-49-46-24-21-18-15-12-9-6-3)78-72(75)66-63-60-57-54-51-47-26-23-20-17-14-11-8-5-2/h9,12,18,21-23,25-26,28-29,46,49,69H,4-8,10-11,13-17,19-20,24,27,30-45,47-48,50-68H2,1-3H3/b12-9-,21-18-,25-22-,26-23-,29-28-,49-46-. The number of carbonyl (C=O) groups is 3. The summed E-state index contributed by atoms with van der Waals surface area (Å²) in [6.07, 6.45) is 86.6. The SMILES string of the molecule is CC/C=C\C/C=C\C/C=C\CCCCCC(=O)OCC(COC(=O)CCCCCCCCCCCCCCCCCCCCCCC/C=C\C/C=C\CCCCCCC)OC(=O)CCCCCCC/C=C\CCCCCCC. The van der Waals surface area contributed by atoms with Crippen LogP contribution in [0, 0.1) is 0 Å². The van der Waals surface area contributed by atoms with Crippen LogP contribution in [0.5, 0.6) is 0 Å². The lowest BCUT2D eigenvalue weighted by molar-refractivity contribution is -0.167. The van der Waals surface area contributed by atoms with E-state index in [1.165, 1.54) is 205 Å². The molecule has 452 valence electrons. The summed E-state index contributed by atoms with van der Waals surface area (Å²) in [7, 11) is 0. The van der Waals surface area contributed by atoms with Crippen LogP contribution in [0.15, 0.2) is 72.9 Å². The fourth-order valence-corrected chi connectivity index (χ4v) is 9.84. The Balaban J connectivity index is 4.11. The molecule has 78 heavy (non-hydrogen) atoms. The molecule has 0 aromatic carbocycles. The van der Waals surface area contributed by atoms with Crippen molar-refractivity contribution < 1.29 is 28.6 Å². The second-order valence-electron chi connectivity index (χ2n) is 22.7. The van der Waals surface area contributed by atoms with Gasteiger partial charge in [0.1, 0.15) is 13.2 Å². The van der Waals surface area contributed by atoms with Crippen LogP contribution in [0.3, 0.4) is 0 Å². The number of ether oxygens (including phenoxy) is 3. The first-order valence-electron chi connectivity index (χ1n) is 33.9. The first-order valence-corrected chi connectivity index (χ1v) is 33.9. The molecule has 0 amide bonds. The van der Waals surface area contributed by atoms with Gasteiger partial charge in [-0.2, -0.15) is 0 Å². The van der Waals surface area contributed by atoms with Crippen molar-refractivity contribution in [1.29, 1.82) is 0 Å². The highest BCUT2D eigenvalue weighted by atomic mass is 16.6. The highest BCUT2D eigenvalue weighted by Gasteiger charge is 2.19. The van der Waals surface area contributed by atoms with Crippen molar-refractivity contribution in [3.05, 3.63) is 72.9 Å². The lowest BCUT2D eigenvalue weighted by Crippen LogP contribution is -2.30. The Labute approximate surface area is 484 Å². The van der Waals surface area contributed by atoms with Crippen molar-refractivity contribution in [3.63, 3.8) is 0 Å². The molecule has 0 N–H and O–H groups in total. The molecule has 0 heterocycles. The van der Waals surface area contributed by atoms with Gasteiger partial charge in [0.15, 0.2) is 6.10 Å². The molecule has 6 heteroatoms. The van der Waals surface area contributed by atoms with Gasteiger partial charge in [-0.05, 0) is 109 Å². The van der Waals surface area contributed by atoms with E-state index >= 15 is 0 Å². The number of rotatable bonds is 62. The molecule has 0 aromatic rings. The summed E-state index contributed by atoms with van der Waals surface area (Å²) in [5.74, 6) is -0.909. The van der Waals surface area contributed by atoms with Gasteiger partial charge in [-0.3, -0.25) is 14.4 Å². The van der Waals surface area contributed by atoms with Crippen LogP contribution in [0.1, 0.15) is 348 Å². The summed E-state index contributed by atoms with van der Waals surface area (Å²) >= 11 is 0. The minimum Gasteiger partial charge on any atom is -0.462 e. The molecule has 0 saturated heterocycles. The fourth-order valence-electron chi connectivity index (χ4n) is 9.84. The molecule has 1 atom stereocenters. The van der Waals surface area contributed by atoms with Gasteiger partial charge in [-0.1, -0.05) is 293 Å². The van der Waals surface area contributed by atoms with E-state index < -0.39 is 6.10 Å². The summed E-state index contributed by atoms with van der Waals surface area (Å²) in [4.78, 5) is 38.2. The molecule has 6 nitrogen and oxygen atoms in total. The van der Waals surface area contributed by atoms with Gasteiger partial charge in [0.25, 0.3) is 0 Å². The average molecular weight is 1090 g/mol. The summed E-state index contributed by atoms with van der Waals surface area (Å²) in [6, 6.07) is 0. The maximum atomic E-state index is 12.9. The molecule has 0 bridgehead atoms. The number of carbonyl (C=O) groups excluding carboxylic acids is 3. The van der Waals surface area contributed by atoms with Crippen molar-refractivity contribution in [2.45, 2.75) is 354 Å². The van der Waals surface area contributed by atoms with Gasteiger partial charge in [0.2, 0.25) is 0 Å². The van der Waals surface area contributed by atoms with Crippen molar-refractivity contribution >= 4 is 17.9 Å². The molecular weight excluding hydrogens is 961 g/mol. The van der Waals surface area contributed by atoms with Crippen LogP contribution in [0.4, 0.5) is 0 Å². The second kappa shape index (κ2) is 66.4. The Morgan fingerprint density at radius 3 is 0.808 bits per heavy atom. The third-order valence-corrected chi connectivity index (χ3v) is 14.9. The van der Waals surface area contributed by atoms with Crippen LogP contribution < -0.4 is 0 Å². The van der Waals surface area contributed by atoms with Gasteiger partial charge in [-0.25, -0.2) is 0 Å². The number of hydrogen-bond acceptors (Lipinski definition) is 6. The van der Waals surface area contributed by atoms with E-state index in [9.17, 15) is 14.4 Å². The zero-order valence-electron chi connectivity index (χ0n) is 51.9. The smallest absolute Gasteiger partial charge is 0.306 e. The molecule has 0 spiro atoms. The first kappa shape index (κ1) is 74.8. The van der Waals surface area contributed by atoms with Crippen LogP contribution >= 0.6 is 0 Å². The Morgan fingerprint density at radius 2 is 0.500 bits per heavy atom. The topological polar surface area (TPSA) is 78.9 Å². The fraction of sp³-hybridized carbons (Fsp3) is 0.792. The molecule has 0 radical (unpaired) electrons. The predicted octanol–water partition coefficient (Wildman–Crippen LogP) is 23.3. The summed E-state index contributed by atoms with van der Waals surface area (Å²) < 4.78 is 16.9. The van der Waals surface area contributed by atoms with Gasteiger partial charge in [0.05, 0.1) is 0 Å². The average Bonchev–Trinajstić information content (AvgIpc) is 3.44. The molecule has 0 fully saturated rings. The lowest BCUT2D eigenvalue weighted by atomic mass is 10.0. The van der Waals surface area contributed by atoms with Crippen LogP contribution in [0.25, 0.3) is 0 Å². The molecule has 0 aliphatic heterocycles. The largest absolute Gasteiger partial charge is 0.462 e. The molecule has 0 aromatic heterocycles. The van der Waals surface area contributed by atoms with Crippen LogP contribution in [0.2, 0.25) is 0 Å². The summed E-state index contributed by atoms with van der Waals surface area (Å²) in [6.45, 7) is 6.51. The van der Waals surface area contributed by atoms with Crippen LogP contribution in [-0.4, -0.2) is 37.2 Å². The maximum Gasteiger partial charge on any atom is 0.306 e. The maximum absolute atomic E-state index is 12.9. The Bertz CT molecular complexity index is 1440. The van der Waals surface area contributed by atoms with Gasteiger partial charge in [0, 0.05) is 19.3 Å². The monoisotopic (exact) mass is 1090 g/mol. The first-order chi connectivity index (χ1) is 38.5. The van der Waals surface area contributed by atoms with E-state index in [-0.39, 0.29) is 31.1 Å². The molecule has 0 aliphatic rings. The third-order valence-electron chi connectivity index (χ3n) is 14.9. The summed E-state index contributed by atoms with van der Waals surface area (Å²) in [5, 5.41) is 0. The second-order valence-corrected chi connectivity index (χ2v) is 22.7. The minimum atomic E-state index is -0.790. The molecule has 0 saturated carbocycles. The number of hydrogen-bond donors (Lipinski definition) is 0. The number of allylic oxidation sites excluding steroid dienone is 12. The van der Waals surface area contributed by atoms with Crippen molar-refractivity contribution in [2.24, 2.45) is 0 Å². The number of unbranched alkanes of at least 4 members (excludes halogenated alkanes) is 39. The van der Waals surface area contributed by atoms with E-state index in [1.54, 1.807) is 0 Å². The van der Waals surface area contributed by atoms with E-state index in [4.69, 9.17) is 14.2 Å². The van der Waals surface area contributed by atoms with Gasteiger partial charge >= 0.3 is 17.9 Å². The molecule has 0 rings (SSSR count). The minimum absolute atomic E-state index is 0.0850. The predicted molar refractivity (Wildman–Crippen MR) is 339 cm³/mol. The van der Waals surface area contributed by atoms with Gasteiger partial charge < -0.3 is 14.2 Å². The number of esters is 3. The zero-order chi connectivity index (χ0) is 56.4. The third kappa shape index (κ3) is 63.7. The van der Waals surface area contributed by atoms with Crippen LogP contribution in [-0.2, 0) is 28.6 Å². The molecule has 1 unspecified atom stereocenters. The Hall–Kier alpha value is -3.15. The van der Waals surface area contributed by atoms with Crippen molar-refractivity contribution in [3.8, 4) is 0 Å². The van der Waals surface area contributed by atoms with E-state index in [1.807, 2.05) is 0 Å². The molecular formula is C72H128O6. The molecule has 0 aliphatic carbocycles. The highest BCUT2D eigenvalue weighted by Crippen LogP contribution is 2.17. The van der Waals surface area contributed by atoms with E-state index in [2.05, 4.69) is 93.7 Å². The Morgan fingerprint density at radius 1 is 0.269 bits per heavy atom.